The number of methoxy groups -OCH3 is 1. The third kappa shape index (κ3) is 4.69. The number of esters is 1. The van der Waals surface area contributed by atoms with Gasteiger partial charge in [-0.05, 0) is 31.5 Å². The van der Waals surface area contributed by atoms with E-state index in [1.165, 1.54) is 7.11 Å². The quantitative estimate of drug-likeness (QED) is 0.678. The first kappa shape index (κ1) is 21.4. The van der Waals surface area contributed by atoms with Gasteiger partial charge in [-0.3, -0.25) is 9.59 Å². The molecule has 0 radical (unpaired) electrons. The molecular formula is C20H24N2O5S. The lowest BCUT2D eigenvalue weighted by Crippen LogP contribution is -2.19. The Morgan fingerprint density at radius 1 is 1.14 bits per heavy atom. The first-order chi connectivity index (χ1) is 13.3. The first-order valence-electron chi connectivity index (χ1n) is 8.85. The predicted molar refractivity (Wildman–Crippen MR) is 109 cm³/mol. The number of para-hydroxylation sites is 2. The minimum Gasteiger partial charge on any atom is -0.492 e. The van der Waals surface area contributed by atoms with Crippen LogP contribution in [0.25, 0.3) is 0 Å². The van der Waals surface area contributed by atoms with E-state index in [1.807, 2.05) is 13.0 Å². The van der Waals surface area contributed by atoms with Crippen molar-refractivity contribution in [3.63, 3.8) is 0 Å². The summed E-state index contributed by atoms with van der Waals surface area (Å²) in [5, 5.41) is 5.82. The van der Waals surface area contributed by atoms with Gasteiger partial charge in [0.15, 0.2) is 0 Å². The third-order valence-corrected chi connectivity index (χ3v) is 5.14. The van der Waals surface area contributed by atoms with Gasteiger partial charge in [0.25, 0.3) is 5.91 Å². The average molecular weight is 404 g/mol. The highest BCUT2D eigenvalue weighted by atomic mass is 32.1. The maximum Gasteiger partial charge on any atom is 0.341 e. The van der Waals surface area contributed by atoms with E-state index in [-0.39, 0.29) is 17.4 Å². The minimum absolute atomic E-state index is 0.185. The molecule has 7 nitrogen and oxygen atoms in total. The molecule has 2 rings (SSSR count). The molecule has 150 valence electrons. The molecule has 0 saturated heterocycles. The van der Waals surface area contributed by atoms with Gasteiger partial charge in [-0.1, -0.05) is 26.0 Å². The van der Waals surface area contributed by atoms with Gasteiger partial charge in [0.05, 0.1) is 29.8 Å². The summed E-state index contributed by atoms with van der Waals surface area (Å²) >= 11 is 1.04. The number of hydrogen-bond donors (Lipinski definition) is 2. The summed E-state index contributed by atoms with van der Waals surface area (Å²) in [5.74, 6) is -0.983. The van der Waals surface area contributed by atoms with Gasteiger partial charge < -0.3 is 20.1 Å². The Morgan fingerprint density at radius 3 is 2.43 bits per heavy atom. The van der Waals surface area contributed by atoms with Crippen LogP contribution >= 0.6 is 11.3 Å². The molecule has 0 saturated carbocycles. The molecule has 0 aliphatic heterocycles. The summed E-state index contributed by atoms with van der Waals surface area (Å²) in [4.78, 5) is 37.5. The summed E-state index contributed by atoms with van der Waals surface area (Å²) in [7, 11) is 1.26. The van der Waals surface area contributed by atoms with Gasteiger partial charge in [-0.25, -0.2) is 4.79 Å². The number of carbonyl (C=O) groups excluding carboxylic acids is 3. The van der Waals surface area contributed by atoms with Crippen molar-refractivity contribution in [2.75, 3.05) is 24.4 Å². The van der Waals surface area contributed by atoms with E-state index < -0.39 is 11.9 Å². The molecule has 1 heterocycles. The topological polar surface area (TPSA) is 93.7 Å². The van der Waals surface area contributed by atoms with Crippen molar-refractivity contribution in [1.82, 2.24) is 0 Å². The average Bonchev–Trinajstić information content (AvgIpc) is 2.98. The van der Waals surface area contributed by atoms with E-state index in [2.05, 4.69) is 10.6 Å². The van der Waals surface area contributed by atoms with Crippen molar-refractivity contribution in [2.45, 2.75) is 27.7 Å². The number of hydrogen-bond acceptors (Lipinski definition) is 6. The number of ether oxygens (including phenoxy) is 2. The summed E-state index contributed by atoms with van der Waals surface area (Å²) in [5.41, 5.74) is 1.15. The molecule has 28 heavy (non-hydrogen) atoms. The van der Waals surface area contributed by atoms with Crippen molar-refractivity contribution in [2.24, 2.45) is 5.92 Å². The smallest absolute Gasteiger partial charge is 0.341 e. The number of thiophene rings is 1. The number of anilines is 2. The second kappa shape index (κ2) is 9.36. The van der Waals surface area contributed by atoms with Crippen LogP contribution in [0.3, 0.4) is 0 Å². The van der Waals surface area contributed by atoms with E-state index in [0.29, 0.717) is 33.5 Å². The molecule has 2 N–H and O–H groups in total. The summed E-state index contributed by atoms with van der Waals surface area (Å²) in [6.45, 7) is 7.45. The molecule has 0 bridgehead atoms. The van der Waals surface area contributed by atoms with Gasteiger partial charge in [0.2, 0.25) is 5.91 Å². The highest BCUT2D eigenvalue weighted by molar-refractivity contribution is 7.18. The second-order valence-corrected chi connectivity index (χ2v) is 7.30. The Kier molecular flexibility index (Phi) is 7.17. The van der Waals surface area contributed by atoms with Crippen LogP contribution < -0.4 is 15.4 Å². The van der Waals surface area contributed by atoms with Crippen LogP contribution in [0.5, 0.6) is 5.75 Å². The van der Waals surface area contributed by atoms with E-state index in [4.69, 9.17) is 9.47 Å². The molecular weight excluding hydrogens is 380 g/mol. The van der Waals surface area contributed by atoms with Crippen LogP contribution in [0.2, 0.25) is 0 Å². The SMILES string of the molecule is CCOc1ccccc1NC(=O)c1sc(NC(=O)C(C)C)c(C(=O)OC)c1C. The van der Waals surface area contributed by atoms with Gasteiger partial charge in [-0.15, -0.1) is 11.3 Å². The molecule has 1 aromatic carbocycles. The standard InChI is InChI=1S/C20H24N2O5S/c1-6-27-14-10-8-7-9-13(14)21-18(24)16-12(4)15(20(25)26-5)19(28-16)22-17(23)11(2)3/h7-11H,6H2,1-5H3,(H,21,24)(H,22,23). The van der Waals surface area contributed by atoms with Crippen LogP contribution in [0.4, 0.5) is 10.7 Å². The van der Waals surface area contributed by atoms with Crippen LogP contribution in [-0.4, -0.2) is 31.5 Å². The molecule has 0 unspecified atom stereocenters. The van der Waals surface area contributed by atoms with Crippen LogP contribution in [0, 0.1) is 12.8 Å². The van der Waals surface area contributed by atoms with Gasteiger partial charge in [-0.2, -0.15) is 0 Å². The fraction of sp³-hybridized carbons (Fsp3) is 0.350. The molecule has 1 aromatic heterocycles. The highest BCUT2D eigenvalue weighted by Crippen LogP contribution is 2.35. The number of carbonyl (C=O) groups is 3. The van der Waals surface area contributed by atoms with Crippen molar-refractivity contribution < 1.29 is 23.9 Å². The largest absolute Gasteiger partial charge is 0.492 e. The van der Waals surface area contributed by atoms with E-state index >= 15 is 0 Å². The fourth-order valence-electron chi connectivity index (χ4n) is 2.45. The van der Waals surface area contributed by atoms with Crippen molar-refractivity contribution in [1.29, 1.82) is 0 Å². The lowest BCUT2D eigenvalue weighted by atomic mass is 10.1. The van der Waals surface area contributed by atoms with E-state index in [9.17, 15) is 14.4 Å². The number of benzene rings is 1. The third-order valence-electron chi connectivity index (χ3n) is 3.94. The van der Waals surface area contributed by atoms with Gasteiger partial charge in [0.1, 0.15) is 10.8 Å². The summed E-state index contributed by atoms with van der Waals surface area (Å²) in [6.07, 6.45) is 0. The fourth-order valence-corrected chi connectivity index (χ4v) is 3.55. The number of nitrogens with one attached hydrogen (secondary N) is 2. The number of rotatable bonds is 7. The Morgan fingerprint density at radius 2 is 1.82 bits per heavy atom. The van der Waals surface area contributed by atoms with E-state index in [1.54, 1.807) is 39.0 Å². The monoisotopic (exact) mass is 404 g/mol. The number of amides is 2. The van der Waals surface area contributed by atoms with Crippen LogP contribution in [-0.2, 0) is 9.53 Å². The zero-order valence-electron chi connectivity index (χ0n) is 16.5. The van der Waals surface area contributed by atoms with E-state index in [0.717, 1.165) is 11.3 Å². The van der Waals surface area contributed by atoms with Gasteiger partial charge >= 0.3 is 5.97 Å². The molecule has 0 aliphatic carbocycles. The Labute approximate surface area is 168 Å². The van der Waals surface area contributed by atoms with Gasteiger partial charge in [0, 0.05) is 5.92 Å². The molecule has 0 spiro atoms. The summed E-state index contributed by atoms with van der Waals surface area (Å²) < 4.78 is 10.4. The maximum atomic E-state index is 12.9. The van der Waals surface area contributed by atoms with Crippen LogP contribution in [0.1, 0.15) is 46.4 Å². The molecule has 0 fully saturated rings. The predicted octanol–water partition coefficient (Wildman–Crippen LogP) is 4.09. The molecule has 0 aliphatic rings. The molecule has 2 amide bonds. The lowest BCUT2D eigenvalue weighted by Gasteiger charge is -2.11. The lowest BCUT2D eigenvalue weighted by molar-refractivity contribution is -0.118. The summed E-state index contributed by atoms with van der Waals surface area (Å²) in [6, 6.07) is 7.09. The Balaban J connectivity index is 2.39. The normalized spacial score (nSPS) is 10.5. The zero-order valence-corrected chi connectivity index (χ0v) is 17.4. The molecule has 8 heteroatoms. The van der Waals surface area contributed by atoms with Crippen molar-refractivity contribution in [3.05, 3.63) is 40.3 Å². The second-order valence-electron chi connectivity index (χ2n) is 6.28. The van der Waals surface area contributed by atoms with Crippen LogP contribution in [0.15, 0.2) is 24.3 Å². The zero-order chi connectivity index (χ0) is 20.8. The van der Waals surface area contributed by atoms with Crippen molar-refractivity contribution >= 4 is 39.8 Å². The molecule has 2 aromatic rings. The highest BCUT2D eigenvalue weighted by Gasteiger charge is 2.27. The Hall–Kier alpha value is -2.87. The minimum atomic E-state index is -0.610. The first-order valence-corrected chi connectivity index (χ1v) is 9.67. The maximum absolute atomic E-state index is 12.9. The molecule has 0 atom stereocenters. The Bertz CT molecular complexity index is 889. The van der Waals surface area contributed by atoms with Crippen molar-refractivity contribution in [3.8, 4) is 5.75 Å².